The van der Waals surface area contributed by atoms with Crippen LogP contribution in [0, 0.1) is 0 Å². The van der Waals surface area contributed by atoms with Gasteiger partial charge in [0.25, 0.3) is 0 Å². The Labute approximate surface area is 101 Å². The quantitative estimate of drug-likeness (QED) is 0.744. The Hall–Kier alpha value is -0.0600. The summed E-state index contributed by atoms with van der Waals surface area (Å²) >= 11 is 3.58. The topological polar surface area (TPSA) is 24.9 Å². The highest BCUT2D eigenvalue weighted by Gasteiger charge is 2.07. The number of hydrogen-bond acceptors (Lipinski definition) is 4. The SMILES string of the molecule is CCCC(C)NCC(C)Sc1nccs1. The van der Waals surface area contributed by atoms with E-state index in [4.69, 9.17) is 0 Å². The molecule has 15 heavy (non-hydrogen) atoms. The van der Waals surface area contributed by atoms with Gasteiger partial charge in [-0.2, -0.15) is 0 Å². The minimum atomic E-state index is 0.593. The van der Waals surface area contributed by atoms with E-state index in [1.165, 1.54) is 17.2 Å². The third-order valence-electron chi connectivity index (χ3n) is 2.19. The lowest BCUT2D eigenvalue weighted by Crippen LogP contribution is -2.31. The number of hydrogen-bond donors (Lipinski definition) is 1. The maximum absolute atomic E-state index is 4.27. The number of thiazole rings is 1. The zero-order chi connectivity index (χ0) is 11.1. The van der Waals surface area contributed by atoms with Crippen molar-refractivity contribution in [3.63, 3.8) is 0 Å². The Morgan fingerprint density at radius 1 is 1.53 bits per heavy atom. The third-order valence-corrected chi connectivity index (χ3v) is 4.21. The van der Waals surface area contributed by atoms with Crippen molar-refractivity contribution in [2.75, 3.05) is 6.54 Å². The van der Waals surface area contributed by atoms with E-state index in [0.29, 0.717) is 11.3 Å². The molecule has 0 aliphatic rings. The molecular formula is C11H20N2S2. The molecule has 1 heterocycles. The van der Waals surface area contributed by atoms with Gasteiger partial charge in [0.15, 0.2) is 0 Å². The second kappa shape index (κ2) is 7.25. The molecule has 0 saturated carbocycles. The minimum Gasteiger partial charge on any atom is -0.313 e. The van der Waals surface area contributed by atoms with Crippen LogP contribution in [0.25, 0.3) is 0 Å². The number of nitrogens with zero attached hydrogens (tertiary/aromatic N) is 1. The van der Waals surface area contributed by atoms with Gasteiger partial charge in [0, 0.05) is 29.4 Å². The van der Waals surface area contributed by atoms with Gasteiger partial charge in [0.05, 0.1) is 0 Å². The van der Waals surface area contributed by atoms with Crippen LogP contribution < -0.4 is 5.32 Å². The van der Waals surface area contributed by atoms with E-state index in [1.807, 2.05) is 23.3 Å². The fourth-order valence-electron chi connectivity index (χ4n) is 1.38. The van der Waals surface area contributed by atoms with Crippen LogP contribution >= 0.6 is 23.1 Å². The van der Waals surface area contributed by atoms with E-state index in [0.717, 1.165) is 6.54 Å². The largest absolute Gasteiger partial charge is 0.313 e. The highest BCUT2D eigenvalue weighted by Crippen LogP contribution is 2.24. The molecule has 86 valence electrons. The Morgan fingerprint density at radius 3 is 2.93 bits per heavy atom. The Balaban J connectivity index is 2.16. The number of rotatable bonds is 7. The summed E-state index contributed by atoms with van der Waals surface area (Å²) in [5.41, 5.74) is 0. The maximum atomic E-state index is 4.27. The fraction of sp³-hybridized carbons (Fsp3) is 0.727. The van der Waals surface area contributed by atoms with Crippen molar-refractivity contribution in [3.8, 4) is 0 Å². The molecule has 0 amide bonds. The van der Waals surface area contributed by atoms with Gasteiger partial charge in [-0.25, -0.2) is 4.98 Å². The molecule has 4 heteroatoms. The molecule has 1 aromatic heterocycles. The molecule has 1 aromatic rings. The predicted octanol–water partition coefficient (Wildman–Crippen LogP) is 3.40. The first-order valence-corrected chi connectivity index (χ1v) is 7.27. The summed E-state index contributed by atoms with van der Waals surface area (Å²) in [7, 11) is 0. The average molecular weight is 244 g/mol. The molecule has 0 spiro atoms. The standard InChI is InChI=1S/C11H20N2S2/c1-4-5-9(2)13-8-10(3)15-11-12-6-7-14-11/h6-7,9-10,13H,4-5,8H2,1-3H3. The Bertz CT molecular complexity index is 249. The second-order valence-corrected chi connectivity index (χ2v) is 6.40. The highest BCUT2D eigenvalue weighted by atomic mass is 32.2. The lowest BCUT2D eigenvalue weighted by molar-refractivity contribution is 0.511. The normalized spacial score (nSPS) is 15.1. The Morgan fingerprint density at radius 2 is 2.33 bits per heavy atom. The van der Waals surface area contributed by atoms with Crippen LogP contribution in [-0.2, 0) is 0 Å². The van der Waals surface area contributed by atoms with Crippen LogP contribution in [0.3, 0.4) is 0 Å². The van der Waals surface area contributed by atoms with Crippen molar-refractivity contribution in [1.29, 1.82) is 0 Å². The number of thioether (sulfide) groups is 1. The van der Waals surface area contributed by atoms with Gasteiger partial charge >= 0.3 is 0 Å². The maximum Gasteiger partial charge on any atom is 0.150 e. The average Bonchev–Trinajstić information content (AvgIpc) is 2.68. The number of aromatic nitrogens is 1. The van der Waals surface area contributed by atoms with Gasteiger partial charge in [-0.1, -0.05) is 32.0 Å². The molecule has 2 nitrogen and oxygen atoms in total. The van der Waals surface area contributed by atoms with E-state index in [-0.39, 0.29) is 0 Å². The summed E-state index contributed by atoms with van der Waals surface area (Å²) in [6, 6.07) is 0.634. The molecule has 0 aliphatic carbocycles. The first-order valence-electron chi connectivity index (χ1n) is 5.52. The highest BCUT2D eigenvalue weighted by molar-refractivity contribution is 8.01. The van der Waals surface area contributed by atoms with Gasteiger partial charge in [0.2, 0.25) is 0 Å². The predicted molar refractivity (Wildman–Crippen MR) is 69.8 cm³/mol. The van der Waals surface area contributed by atoms with Crippen LogP contribution in [0.2, 0.25) is 0 Å². The van der Waals surface area contributed by atoms with Crippen LogP contribution in [0.5, 0.6) is 0 Å². The molecule has 0 bridgehead atoms. The monoisotopic (exact) mass is 244 g/mol. The van der Waals surface area contributed by atoms with Crippen molar-refractivity contribution in [3.05, 3.63) is 11.6 Å². The molecule has 0 aromatic carbocycles. The van der Waals surface area contributed by atoms with E-state index in [1.54, 1.807) is 11.3 Å². The van der Waals surface area contributed by atoms with Gasteiger partial charge in [0.1, 0.15) is 4.34 Å². The number of nitrogens with one attached hydrogen (secondary N) is 1. The second-order valence-electron chi connectivity index (χ2n) is 3.82. The van der Waals surface area contributed by atoms with Crippen molar-refractivity contribution < 1.29 is 0 Å². The summed E-state index contributed by atoms with van der Waals surface area (Å²) in [6.45, 7) is 7.79. The van der Waals surface area contributed by atoms with Crippen LogP contribution in [0.1, 0.15) is 33.6 Å². The molecule has 2 unspecified atom stereocenters. The molecule has 0 aliphatic heterocycles. The smallest absolute Gasteiger partial charge is 0.150 e. The summed E-state index contributed by atoms with van der Waals surface area (Å²) in [5, 5.41) is 6.17. The van der Waals surface area contributed by atoms with Gasteiger partial charge in [-0.05, 0) is 13.3 Å². The van der Waals surface area contributed by atoms with Gasteiger partial charge < -0.3 is 5.32 Å². The van der Waals surface area contributed by atoms with Crippen molar-refractivity contribution >= 4 is 23.1 Å². The first kappa shape index (κ1) is 13.0. The lowest BCUT2D eigenvalue weighted by Gasteiger charge is -2.15. The summed E-state index contributed by atoms with van der Waals surface area (Å²) in [6.07, 6.45) is 4.38. The Kier molecular flexibility index (Phi) is 6.29. The first-order chi connectivity index (χ1) is 7.22. The molecule has 2 atom stereocenters. The van der Waals surface area contributed by atoms with E-state index >= 15 is 0 Å². The van der Waals surface area contributed by atoms with Crippen molar-refractivity contribution in [2.45, 2.75) is 49.2 Å². The van der Waals surface area contributed by atoms with E-state index in [9.17, 15) is 0 Å². The minimum absolute atomic E-state index is 0.593. The molecule has 0 fully saturated rings. The van der Waals surface area contributed by atoms with Gasteiger partial charge in [-0.15, -0.1) is 11.3 Å². The summed E-state index contributed by atoms with van der Waals surface area (Å²) < 4.78 is 1.17. The van der Waals surface area contributed by atoms with Crippen molar-refractivity contribution in [2.24, 2.45) is 0 Å². The van der Waals surface area contributed by atoms with E-state index < -0.39 is 0 Å². The molecule has 0 radical (unpaired) electrons. The molecule has 1 N–H and O–H groups in total. The summed E-state index contributed by atoms with van der Waals surface area (Å²) in [5.74, 6) is 0. The van der Waals surface area contributed by atoms with Crippen LogP contribution in [0.4, 0.5) is 0 Å². The van der Waals surface area contributed by atoms with E-state index in [2.05, 4.69) is 31.1 Å². The van der Waals surface area contributed by atoms with Crippen molar-refractivity contribution in [1.82, 2.24) is 10.3 Å². The fourth-order valence-corrected chi connectivity index (χ4v) is 3.27. The zero-order valence-corrected chi connectivity index (χ0v) is 11.3. The third kappa shape index (κ3) is 5.54. The molecule has 0 saturated heterocycles. The lowest BCUT2D eigenvalue weighted by atomic mass is 10.2. The molecule has 1 rings (SSSR count). The summed E-state index contributed by atoms with van der Waals surface area (Å²) in [4.78, 5) is 4.27. The van der Waals surface area contributed by atoms with Crippen LogP contribution in [0.15, 0.2) is 15.9 Å². The van der Waals surface area contributed by atoms with Gasteiger partial charge in [-0.3, -0.25) is 0 Å². The zero-order valence-electron chi connectivity index (χ0n) is 9.69. The van der Waals surface area contributed by atoms with Crippen LogP contribution in [-0.4, -0.2) is 22.8 Å². The molecular weight excluding hydrogens is 224 g/mol.